The predicted molar refractivity (Wildman–Crippen MR) is 96.4 cm³/mol. The Kier molecular flexibility index (Phi) is 6.27. The molecule has 7 nitrogen and oxygen atoms in total. The van der Waals surface area contributed by atoms with Crippen LogP contribution in [0.25, 0.3) is 11.5 Å². The van der Waals surface area contributed by atoms with E-state index in [1.165, 1.54) is 11.8 Å². The number of thioether (sulfide) groups is 1. The molecule has 0 unspecified atom stereocenters. The van der Waals surface area contributed by atoms with Gasteiger partial charge in [0, 0.05) is 18.7 Å². The third kappa shape index (κ3) is 4.63. The van der Waals surface area contributed by atoms with Crippen LogP contribution in [-0.4, -0.2) is 52.4 Å². The molecular formula is C18H21N3O4S. The molecule has 26 heavy (non-hydrogen) atoms. The van der Waals surface area contributed by atoms with Crippen LogP contribution in [0.5, 0.6) is 0 Å². The number of nitrogens with zero attached hydrogens (tertiary/aromatic N) is 3. The van der Waals surface area contributed by atoms with Crippen LogP contribution >= 0.6 is 11.8 Å². The number of hydrogen-bond acceptors (Lipinski definition) is 7. The molecule has 1 aliphatic heterocycles. The second-order valence-corrected chi connectivity index (χ2v) is 6.86. The molecule has 0 atom stereocenters. The topological polar surface area (TPSA) is 85.5 Å². The highest BCUT2D eigenvalue weighted by Gasteiger charge is 2.28. The summed E-state index contributed by atoms with van der Waals surface area (Å²) in [6.07, 6.45) is 1.29. The van der Waals surface area contributed by atoms with Crippen LogP contribution in [0, 0.1) is 5.92 Å². The minimum Gasteiger partial charge on any atom is -0.466 e. The van der Waals surface area contributed by atoms with Crippen molar-refractivity contribution in [2.75, 3.05) is 25.4 Å². The van der Waals surface area contributed by atoms with Gasteiger partial charge in [-0.15, -0.1) is 10.2 Å². The number of aromatic nitrogens is 2. The Morgan fingerprint density at radius 1 is 1.23 bits per heavy atom. The fraction of sp³-hybridized carbons (Fsp3) is 0.444. The molecule has 0 spiro atoms. The smallest absolute Gasteiger partial charge is 0.309 e. The van der Waals surface area contributed by atoms with Crippen LogP contribution in [0.1, 0.15) is 19.8 Å². The van der Waals surface area contributed by atoms with E-state index >= 15 is 0 Å². The Hall–Kier alpha value is -2.35. The molecule has 2 heterocycles. The molecule has 1 amide bonds. The zero-order valence-corrected chi connectivity index (χ0v) is 15.4. The van der Waals surface area contributed by atoms with Gasteiger partial charge in [0.25, 0.3) is 5.22 Å². The summed E-state index contributed by atoms with van der Waals surface area (Å²) in [7, 11) is 0. The van der Waals surface area contributed by atoms with Gasteiger partial charge in [-0.05, 0) is 31.9 Å². The number of carbonyl (C=O) groups excluding carboxylic acids is 2. The first-order valence-corrected chi connectivity index (χ1v) is 9.62. The molecule has 1 saturated heterocycles. The minimum atomic E-state index is -0.159. The third-order valence-corrected chi connectivity index (χ3v) is 5.02. The average molecular weight is 375 g/mol. The van der Waals surface area contributed by atoms with Gasteiger partial charge in [0.15, 0.2) is 0 Å². The lowest BCUT2D eigenvalue weighted by molar-refractivity contribution is -0.151. The summed E-state index contributed by atoms with van der Waals surface area (Å²) in [6, 6.07) is 9.49. The number of likely N-dealkylation sites (tertiary alicyclic amines) is 1. The van der Waals surface area contributed by atoms with Crippen molar-refractivity contribution in [3.63, 3.8) is 0 Å². The Balaban J connectivity index is 1.46. The number of carbonyl (C=O) groups is 2. The van der Waals surface area contributed by atoms with Crippen LogP contribution in [0.3, 0.4) is 0 Å². The van der Waals surface area contributed by atoms with Crippen LogP contribution in [0.15, 0.2) is 40.0 Å². The maximum Gasteiger partial charge on any atom is 0.309 e. The second kappa shape index (κ2) is 8.84. The van der Waals surface area contributed by atoms with Crippen LogP contribution in [0.4, 0.5) is 0 Å². The number of hydrogen-bond donors (Lipinski definition) is 0. The summed E-state index contributed by atoms with van der Waals surface area (Å²) in [5.74, 6) is 0.428. The quantitative estimate of drug-likeness (QED) is 0.567. The first-order valence-electron chi connectivity index (χ1n) is 8.63. The standard InChI is InChI=1S/C18H21N3O4S/c1-2-24-17(23)14-8-10-21(11-9-14)15(22)12-26-18-20-19-16(25-18)13-6-4-3-5-7-13/h3-7,14H,2,8-12H2,1H3. The second-order valence-electron chi connectivity index (χ2n) is 5.93. The molecule has 1 aliphatic rings. The van der Waals surface area contributed by atoms with Gasteiger partial charge in [-0.2, -0.15) is 0 Å². The molecule has 3 rings (SSSR count). The van der Waals surface area contributed by atoms with Gasteiger partial charge in [-0.3, -0.25) is 9.59 Å². The Labute approximate surface area is 156 Å². The highest BCUT2D eigenvalue weighted by molar-refractivity contribution is 7.99. The van der Waals surface area contributed by atoms with Gasteiger partial charge in [0.1, 0.15) is 0 Å². The highest BCUT2D eigenvalue weighted by atomic mass is 32.2. The summed E-state index contributed by atoms with van der Waals surface area (Å²) >= 11 is 1.23. The summed E-state index contributed by atoms with van der Waals surface area (Å²) in [4.78, 5) is 25.9. The van der Waals surface area contributed by atoms with Crippen molar-refractivity contribution in [1.82, 2.24) is 15.1 Å². The zero-order chi connectivity index (χ0) is 18.4. The van der Waals surface area contributed by atoms with Gasteiger partial charge < -0.3 is 14.1 Å². The maximum atomic E-state index is 12.3. The van der Waals surface area contributed by atoms with E-state index in [2.05, 4.69) is 10.2 Å². The average Bonchev–Trinajstić information content (AvgIpc) is 3.16. The van der Waals surface area contributed by atoms with Crippen molar-refractivity contribution in [1.29, 1.82) is 0 Å². The summed E-state index contributed by atoms with van der Waals surface area (Å²) in [5.41, 5.74) is 0.846. The first-order chi connectivity index (χ1) is 12.7. The SMILES string of the molecule is CCOC(=O)C1CCN(C(=O)CSc2nnc(-c3ccccc3)o2)CC1. The molecule has 1 fully saturated rings. The van der Waals surface area contributed by atoms with E-state index in [1.54, 1.807) is 11.8 Å². The van der Waals surface area contributed by atoms with E-state index in [0.717, 1.165) is 5.56 Å². The number of rotatable bonds is 6. The minimum absolute atomic E-state index is 0.0109. The maximum absolute atomic E-state index is 12.3. The Morgan fingerprint density at radius 3 is 2.65 bits per heavy atom. The molecule has 0 N–H and O–H groups in total. The van der Waals surface area contributed by atoms with Crippen molar-refractivity contribution in [2.45, 2.75) is 25.0 Å². The fourth-order valence-corrected chi connectivity index (χ4v) is 3.47. The Morgan fingerprint density at radius 2 is 1.96 bits per heavy atom. The van der Waals surface area contributed by atoms with E-state index in [-0.39, 0.29) is 23.5 Å². The molecule has 138 valence electrons. The molecule has 1 aromatic carbocycles. The number of amides is 1. The van der Waals surface area contributed by atoms with E-state index in [0.29, 0.717) is 43.7 Å². The molecule has 1 aromatic heterocycles. The summed E-state index contributed by atoms with van der Waals surface area (Å²) in [6.45, 7) is 3.34. The van der Waals surface area contributed by atoms with Gasteiger partial charge in [0.05, 0.1) is 18.3 Å². The van der Waals surface area contributed by atoms with Crippen molar-refractivity contribution in [3.05, 3.63) is 30.3 Å². The number of piperidine rings is 1. The van der Waals surface area contributed by atoms with Gasteiger partial charge >= 0.3 is 5.97 Å². The van der Waals surface area contributed by atoms with Crippen LogP contribution in [0.2, 0.25) is 0 Å². The van der Waals surface area contributed by atoms with Crippen molar-refractivity contribution >= 4 is 23.6 Å². The number of benzene rings is 1. The van der Waals surface area contributed by atoms with Crippen molar-refractivity contribution < 1.29 is 18.7 Å². The van der Waals surface area contributed by atoms with Gasteiger partial charge in [-0.25, -0.2) is 0 Å². The number of esters is 1. The lowest BCUT2D eigenvalue weighted by Crippen LogP contribution is -2.41. The third-order valence-electron chi connectivity index (χ3n) is 4.21. The number of ether oxygens (including phenoxy) is 1. The summed E-state index contributed by atoms with van der Waals surface area (Å²) < 4.78 is 10.6. The molecule has 8 heteroatoms. The van der Waals surface area contributed by atoms with E-state index in [4.69, 9.17) is 9.15 Å². The van der Waals surface area contributed by atoms with Gasteiger partial charge in [0.2, 0.25) is 11.8 Å². The zero-order valence-electron chi connectivity index (χ0n) is 14.6. The van der Waals surface area contributed by atoms with E-state index < -0.39 is 0 Å². The van der Waals surface area contributed by atoms with Crippen LogP contribution in [-0.2, 0) is 14.3 Å². The molecule has 0 saturated carbocycles. The lowest BCUT2D eigenvalue weighted by atomic mass is 9.97. The largest absolute Gasteiger partial charge is 0.466 e. The predicted octanol–water partition coefficient (Wildman–Crippen LogP) is 2.63. The molecule has 2 aromatic rings. The fourth-order valence-electron chi connectivity index (χ4n) is 2.80. The van der Waals surface area contributed by atoms with E-state index in [9.17, 15) is 9.59 Å². The molecule has 0 aliphatic carbocycles. The molecule has 0 radical (unpaired) electrons. The Bertz CT molecular complexity index is 742. The molecular weight excluding hydrogens is 354 g/mol. The molecule has 0 bridgehead atoms. The monoisotopic (exact) mass is 375 g/mol. The normalized spacial score (nSPS) is 15.0. The van der Waals surface area contributed by atoms with Gasteiger partial charge in [-0.1, -0.05) is 30.0 Å². The van der Waals surface area contributed by atoms with Crippen molar-refractivity contribution in [2.24, 2.45) is 5.92 Å². The highest BCUT2D eigenvalue weighted by Crippen LogP contribution is 2.24. The summed E-state index contributed by atoms with van der Waals surface area (Å²) in [5, 5.41) is 8.36. The van der Waals surface area contributed by atoms with Crippen molar-refractivity contribution in [3.8, 4) is 11.5 Å². The van der Waals surface area contributed by atoms with Crippen LogP contribution < -0.4 is 0 Å². The lowest BCUT2D eigenvalue weighted by Gasteiger charge is -2.30. The first kappa shape index (κ1) is 18.4. The van der Waals surface area contributed by atoms with E-state index in [1.807, 2.05) is 30.3 Å².